The summed E-state index contributed by atoms with van der Waals surface area (Å²) in [6.45, 7) is 6.81. The fourth-order valence-corrected chi connectivity index (χ4v) is 1.38. The van der Waals surface area contributed by atoms with Crippen molar-refractivity contribution in [3.63, 3.8) is 0 Å². The van der Waals surface area contributed by atoms with Crippen LogP contribution in [0.15, 0.2) is 0 Å². The minimum Gasteiger partial charge on any atom is -0.315 e. The first-order valence-corrected chi connectivity index (χ1v) is 5.62. The normalized spacial score (nSPS) is 24.0. The van der Waals surface area contributed by atoms with Crippen LogP contribution in [-0.2, 0) is 0 Å². The zero-order valence-electron chi connectivity index (χ0n) is 8.86. The molecule has 2 saturated heterocycles. The molecule has 0 spiro atoms. The van der Waals surface area contributed by atoms with Crippen LogP contribution in [0.25, 0.3) is 0 Å². The Morgan fingerprint density at radius 2 is 1.07 bits per heavy atom. The molecule has 5 N–H and O–H groups in total. The van der Waals surface area contributed by atoms with E-state index < -0.39 is 0 Å². The van der Waals surface area contributed by atoms with Crippen molar-refractivity contribution in [2.75, 3.05) is 39.3 Å². The first-order valence-electron chi connectivity index (χ1n) is 5.62. The largest absolute Gasteiger partial charge is 0.315 e. The van der Waals surface area contributed by atoms with Crippen LogP contribution >= 0.6 is 0 Å². The molecule has 0 saturated carbocycles. The van der Waals surface area contributed by atoms with E-state index >= 15 is 0 Å². The Hall–Kier alpha value is -0.200. The number of nitrogens with one attached hydrogen (secondary N) is 5. The molecule has 14 heavy (non-hydrogen) atoms. The second-order valence-corrected chi connectivity index (χ2v) is 3.54. The molecule has 0 bridgehead atoms. The van der Waals surface area contributed by atoms with Crippen molar-refractivity contribution in [1.29, 1.82) is 0 Å². The molecule has 2 fully saturated rings. The molecule has 2 aliphatic rings. The molecule has 2 rings (SSSR count). The molecule has 0 aromatic rings. The Kier molecular flexibility index (Phi) is 7.94. The van der Waals surface area contributed by atoms with Crippen molar-refractivity contribution in [3.8, 4) is 0 Å². The Bertz CT molecular complexity index is 66.5. The lowest BCUT2D eigenvalue weighted by molar-refractivity contribution is 0.479. The highest BCUT2D eigenvalue weighted by atomic mass is 15.6. The average Bonchev–Trinajstić information content (AvgIpc) is 2.68. The van der Waals surface area contributed by atoms with Crippen molar-refractivity contribution in [3.05, 3.63) is 0 Å². The van der Waals surface area contributed by atoms with Gasteiger partial charge in [-0.1, -0.05) is 0 Å². The second kappa shape index (κ2) is 9.36. The van der Waals surface area contributed by atoms with Crippen LogP contribution in [0.2, 0.25) is 0 Å². The van der Waals surface area contributed by atoms with Gasteiger partial charge in [0, 0.05) is 26.2 Å². The fourth-order valence-electron chi connectivity index (χ4n) is 1.38. The Morgan fingerprint density at radius 1 is 0.500 bits per heavy atom. The predicted molar refractivity (Wildman–Crippen MR) is 58.7 cm³/mol. The smallest absolute Gasteiger partial charge is 0.0113 e. The fraction of sp³-hybridized carbons (Fsp3) is 1.00. The highest BCUT2D eigenvalue weighted by Gasteiger charge is 1.92. The third kappa shape index (κ3) is 7.23. The van der Waals surface area contributed by atoms with Gasteiger partial charge in [-0.2, -0.15) is 5.53 Å². The SMILES string of the molecule is C1CCNNNC1.C1CNCCNC1. The summed E-state index contributed by atoms with van der Waals surface area (Å²) in [5.41, 5.74) is 8.82. The summed E-state index contributed by atoms with van der Waals surface area (Å²) in [4.78, 5) is 0. The maximum absolute atomic E-state index is 3.28. The van der Waals surface area contributed by atoms with Crippen molar-refractivity contribution < 1.29 is 0 Å². The van der Waals surface area contributed by atoms with Crippen molar-refractivity contribution >= 4 is 0 Å². The molecule has 0 radical (unpaired) electrons. The van der Waals surface area contributed by atoms with Gasteiger partial charge in [-0.05, 0) is 32.4 Å². The van der Waals surface area contributed by atoms with Gasteiger partial charge >= 0.3 is 0 Å². The van der Waals surface area contributed by atoms with E-state index in [0.29, 0.717) is 0 Å². The van der Waals surface area contributed by atoms with Gasteiger partial charge < -0.3 is 10.6 Å². The van der Waals surface area contributed by atoms with Gasteiger partial charge in [0.25, 0.3) is 0 Å². The Labute approximate surface area is 86.3 Å². The molecule has 2 aliphatic heterocycles. The first kappa shape index (κ1) is 11.9. The summed E-state index contributed by atoms with van der Waals surface area (Å²) in [6, 6.07) is 0. The standard InChI is InChI=1S/C5H12N2.C4H11N3/c1-2-6-4-5-7-3-1;1-2-4-6-7-5-3-1/h6-7H,1-5H2;5-7H,1-4H2. The summed E-state index contributed by atoms with van der Waals surface area (Å²) in [5.74, 6) is 0. The summed E-state index contributed by atoms with van der Waals surface area (Å²) in [7, 11) is 0. The third-order valence-electron chi connectivity index (χ3n) is 2.22. The quantitative estimate of drug-likeness (QED) is 0.346. The molecule has 2 heterocycles. The highest BCUT2D eigenvalue weighted by Crippen LogP contribution is 1.83. The minimum absolute atomic E-state index is 1.08. The monoisotopic (exact) mass is 201 g/mol. The van der Waals surface area contributed by atoms with E-state index in [1.165, 1.54) is 32.4 Å². The molecule has 5 nitrogen and oxygen atoms in total. The zero-order chi connectivity index (χ0) is 9.90. The number of rotatable bonds is 0. The van der Waals surface area contributed by atoms with E-state index in [2.05, 4.69) is 27.0 Å². The molecular weight excluding hydrogens is 178 g/mol. The summed E-state index contributed by atoms with van der Waals surface area (Å²) < 4.78 is 0. The van der Waals surface area contributed by atoms with Gasteiger partial charge in [0.1, 0.15) is 0 Å². The zero-order valence-corrected chi connectivity index (χ0v) is 8.86. The van der Waals surface area contributed by atoms with Crippen molar-refractivity contribution in [1.82, 2.24) is 27.0 Å². The summed E-state index contributed by atoms with van der Waals surface area (Å²) >= 11 is 0. The van der Waals surface area contributed by atoms with Crippen LogP contribution in [0, 0.1) is 0 Å². The Morgan fingerprint density at radius 3 is 1.64 bits per heavy atom. The van der Waals surface area contributed by atoms with Crippen LogP contribution in [0.5, 0.6) is 0 Å². The maximum atomic E-state index is 3.28. The van der Waals surface area contributed by atoms with Gasteiger partial charge in [0.2, 0.25) is 0 Å². The van der Waals surface area contributed by atoms with E-state index in [1.807, 2.05) is 0 Å². The van der Waals surface area contributed by atoms with Crippen LogP contribution in [0.1, 0.15) is 19.3 Å². The molecule has 0 atom stereocenters. The maximum Gasteiger partial charge on any atom is 0.0113 e. The third-order valence-corrected chi connectivity index (χ3v) is 2.22. The van der Waals surface area contributed by atoms with Crippen LogP contribution in [0.3, 0.4) is 0 Å². The van der Waals surface area contributed by atoms with E-state index in [1.54, 1.807) is 0 Å². The lowest BCUT2D eigenvalue weighted by atomic mass is 10.3. The summed E-state index contributed by atoms with van der Waals surface area (Å²) in [5, 5.41) is 6.57. The molecule has 0 aromatic carbocycles. The van der Waals surface area contributed by atoms with E-state index in [9.17, 15) is 0 Å². The topological polar surface area (TPSA) is 60.1 Å². The van der Waals surface area contributed by atoms with Gasteiger partial charge in [0.05, 0.1) is 0 Å². The van der Waals surface area contributed by atoms with E-state index in [-0.39, 0.29) is 0 Å². The van der Waals surface area contributed by atoms with Crippen LogP contribution in [0.4, 0.5) is 0 Å². The number of hydrazine groups is 2. The second-order valence-electron chi connectivity index (χ2n) is 3.54. The lowest BCUT2D eigenvalue weighted by Crippen LogP contribution is -2.41. The molecule has 0 unspecified atom stereocenters. The van der Waals surface area contributed by atoms with Gasteiger partial charge in [-0.3, -0.25) is 0 Å². The minimum atomic E-state index is 1.08. The molecule has 0 aliphatic carbocycles. The molecular formula is C9H23N5. The van der Waals surface area contributed by atoms with E-state index in [0.717, 1.165) is 26.2 Å². The number of hydrogen-bond donors (Lipinski definition) is 5. The van der Waals surface area contributed by atoms with E-state index in [4.69, 9.17) is 0 Å². The Balaban J connectivity index is 0.000000140. The molecule has 0 aromatic heterocycles. The summed E-state index contributed by atoms with van der Waals surface area (Å²) in [6.07, 6.45) is 3.81. The highest BCUT2D eigenvalue weighted by molar-refractivity contribution is 4.58. The van der Waals surface area contributed by atoms with Gasteiger partial charge in [-0.25, -0.2) is 10.9 Å². The first-order chi connectivity index (χ1) is 7.00. The number of hydrogen-bond acceptors (Lipinski definition) is 5. The molecule has 84 valence electrons. The van der Waals surface area contributed by atoms with Gasteiger partial charge in [-0.15, -0.1) is 0 Å². The predicted octanol–water partition coefficient (Wildman–Crippen LogP) is -1.05. The molecule has 0 amide bonds. The van der Waals surface area contributed by atoms with Crippen LogP contribution in [-0.4, -0.2) is 39.3 Å². The van der Waals surface area contributed by atoms with Crippen molar-refractivity contribution in [2.24, 2.45) is 0 Å². The lowest BCUT2D eigenvalue weighted by Gasteiger charge is -1.97. The van der Waals surface area contributed by atoms with Crippen molar-refractivity contribution in [2.45, 2.75) is 19.3 Å². The van der Waals surface area contributed by atoms with Crippen LogP contribution < -0.4 is 27.0 Å². The van der Waals surface area contributed by atoms with Gasteiger partial charge in [0.15, 0.2) is 0 Å². The molecule has 5 heteroatoms. The average molecular weight is 201 g/mol.